The van der Waals surface area contributed by atoms with E-state index in [4.69, 9.17) is 9.52 Å². The van der Waals surface area contributed by atoms with Gasteiger partial charge < -0.3 is 19.0 Å². The number of imidazole rings is 1. The van der Waals surface area contributed by atoms with E-state index in [2.05, 4.69) is 4.98 Å². The Kier molecular flexibility index (Phi) is 4.42. The van der Waals surface area contributed by atoms with Gasteiger partial charge in [0.05, 0.1) is 5.75 Å². The number of aromatic nitrogens is 2. The number of aliphatic carboxylic acids is 1. The fraction of sp³-hybridized carbons (Fsp3) is 0.400. The normalized spacial score (nSPS) is 17.6. The molecule has 0 bridgehead atoms. The van der Waals surface area contributed by atoms with Gasteiger partial charge in [0.15, 0.2) is 10.9 Å². The molecule has 3 rings (SSSR count). The molecule has 23 heavy (non-hydrogen) atoms. The number of carbonyl (C=O) groups excluding carboxylic acids is 1. The molecule has 7 nitrogen and oxygen atoms in total. The van der Waals surface area contributed by atoms with Gasteiger partial charge in [-0.1, -0.05) is 11.8 Å². The number of likely N-dealkylation sites (tertiary alicyclic amines) is 1. The molecular weight excluding hydrogens is 318 g/mol. The number of thioether (sulfide) groups is 1. The molecule has 0 saturated carbocycles. The summed E-state index contributed by atoms with van der Waals surface area (Å²) in [7, 11) is 1.91. The summed E-state index contributed by atoms with van der Waals surface area (Å²) in [6.45, 7) is 0.452. The zero-order valence-corrected chi connectivity index (χ0v) is 13.5. The Hall–Kier alpha value is -2.22. The minimum Gasteiger partial charge on any atom is -0.480 e. The number of hydrogen-bond acceptors (Lipinski definition) is 5. The molecule has 1 aliphatic heterocycles. The van der Waals surface area contributed by atoms with Crippen molar-refractivity contribution in [2.45, 2.75) is 29.8 Å². The van der Waals surface area contributed by atoms with E-state index in [1.165, 1.54) is 16.7 Å². The first-order valence-electron chi connectivity index (χ1n) is 7.29. The Morgan fingerprint density at radius 3 is 3.00 bits per heavy atom. The van der Waals surface area contributed by atoms with Gasteiger partial charge >= 0.3 is 5.97 Å². The Morgan fingerprint density at radius 2 is 2.30 bits per heavy atom. The Labute approximate surface area is 137 Å². The SMILES string of the molecule is Cn1ccnc1SCc1ccc(C(=O)N2CCCC2C(=O)O)o1. The van der Waals surface area contributed by atoms with E-state index in [0.29, 0.717) is 30.9 Å². The summed E-state index contributed by atoms with van der Waals surface area (Å²) in [5, 5.41) is 10.0. The maximum atomic E-state index is 12.4. The number of aryl methyl sites for hydroxylation is 1. The van der Waals surface area contributed by atoms with Crippen LogP contribution in [0.3, 0.4) is 0 Å². The number of rotatable bonds is 5. The van der Waals surface area contributed by atoms with Crippen LogP contribution in [-0.2, 0) is 17.6 Å². The van der Waals surface area contributed by atoms with Crippen molar-refractivity contribution >= 4 is 23.6 Å². The molecule has 2 aromatic heterocycles. The first-order valence-corrected chi connectivity index (χ1v) is 8.27. The van der Waals surface area contributed by atoms with Crippen molar-refractivity contribution in [3.05, 3.63) is 36.0 Å². The third-order valence-electron chi connectivity index (χ3n) is 3.79. The molecule has 3 heterocycles. The molecule has 1 fully saturated rings. The summed E-state index contributed by atoms with van der Waals surface area (Å²) in [6, 6.07) is 2.60. The molecule has 122 valence electrons. The third kappa shape index (κ3) is 3.26. The first kappa shape index (κ1) is 15.7. The second-order valence-electron chi connectivity index (χ2n) is 5.37. The summed E-state index contributed by atoms with van der Waals surface area (Å²) < 4.78 is 7.49. The summed E-state index contributed by atoms with van der Waals surface area (Å²) in [6.07, 6.45) is 4.77. The molecule has 1 atom stereocenters. The van der Waals surface area contributed by atoms with Crippen LogP contribution < -0.4 is 0 Å². The van der Waals surface area contributed by atoms with Crippen molar-refractivity contribution < 1.29 is 19.1 Å². The molecule has 0 spiro atoms. The van der Waals surface area contributed by atoms with Crippen molar-refractivity contribution in [1.82, 2.24) is 14.5 Å². The zero-order valence-electron chi connectivity index (χ0n) is 12.6. The molecule has 1 saturated heterocycles. The van der Waals surface area contributed by atoms with E-state index < -0.39 is 12.0 Å². The molecule has 0 aliphatic carbocycles. The van der Waals surface area contributed by atoms with Gasteiger partial charge in [0.1, 0.15) is 11.8 Å². The van der Waals surface area contributed by atoms with Crippen LogP contribution in [0.4, 0.5) is 0 Å². The lowest BCUT2D eigenvalue weighted by Crippen LogP contribution is -2.40. The van der Waals surface area contributed by atoms with Gasteiger partial charge in [-0.2, -0.15) is 0 Å². The van der Waals surface area contributed by atoms with E-state index in [0.717, 1.165) is 5.16 Å². The van der Waals surface area contributed by atoms with Crippen LogP contribution in [0.5, 0.6) is 0 Å². The summed E-state index contributed by atoms with van der Waals surface area (Å²) in [5.41, 5.74) is 0. The van der Waals surface area contributed by atoms with E-state index >= 15 is 0 Å². The highest BCUT2D eigenvalue weighted by atomic mass is 32.2. The summed E-state index contributed by atoms with van der Waals surface area (Å²) in [4.78, 5) is 29.2. The average molecular weight is 335 g/mol. The van der Waals surface area contributed by atoms with E-state index in [9.17, 15) is 9.59 Å². The minimum atomic E-state index is -0.965. The highest BCUT2D eigenvalue weighted by Crippen LogP contribution is 2.24. The second-order valence-corrected chi connectivity index (χ2v) is 6.31. The molecule has 1 aliphatic rings. The fourth-order valence-corrected chi connectivity index (χ4v) is 3.43. The second kappa shape index (κ2) is 6.49. The number of amides is 1. The minimum absolute atomic E-state index is 0.189. The first-order chi connectivity index (χ1) is 11.1. The quantitative estimate of drug-likeness (QED) is 0.841. The number of furan rings is 1. The van der Waals surface area contributed by atoms with E-state index in [1.807, 2.05) is 17.8 Å². The molecule has 8 heteroatoms. The molecular formula is C15H17N3O4S. The third-order valence-corrected chi connectivity index (χ3v) is 4.87. The standard InChI is InChI=1S/C15H17N3O4S/c1-17-8-6-16-15(17)23-9-10-4-5-12(22-10)13(19)18-7-2-3-11(18)14(20)21/h4-6,8,11H,2-3,7,9H2,1H3,(H,20,21). The molecule has 1 unspecified atom stereocenters. The lowest BCUT2D eigenvalue weighted by Gasteiger charge is -2.19. The Balaban J connectivity index is 1.65. The van der Waals surface area contributed by atoms with E-state index in [-0.39, 0.29) is 11.7 Å². The van der Waals surface area contributed by atoms with Gasteiger partial charge in [0.25, 0.3) is 5.91 Å². The lowest BCUT2D eigenvalue weighted by molar-refractivity contribution is -0.141. The summed E-state index contributed by atoms with van der Waals surface area (Å²) in [5.74, 6) is 0.0812. The predicted octanol–water partition coefficient (Wildman–Crippen LogP) is 1.99. The Morgan fingerprint density at radius 1 is 1.48 bits per heavy atom. The molecule has 1 N–H and O–H groups in total. The predicted molar refractivity (Wildman–Crippen MR) is 83.2 cm³/mol. The van der Waals surface area contributed by atoms with Crippen molar-refractivity contribution in [2.75, 3.05) is 6.54 Å². The van der Waals surface area contributed by atoms with Crippen LogP contribution in [0.2, 0.25) is 0 Å². The van der Waals surface area contributed by atoms with Crippen LogP contribution >= 0.6 is 11.8 Å². The molecule has 0 radical (unpaired) electrons. The highest BCUT2D eigenvalue weighted by molar-refractivity contribution is 7.98. The number of carboxylic acids is 1. The number of nitrogens with zero attached hydrogens (tertiary/aromatic N) is 3. The molecule has 2 aromatic rings. The van der Waals surface area contributed by atoms with Gasteiger partial charge in [-0.15, -0.1) is 0 Å². The van der Waals surface area contributed by atoms with Crippen molar-refractivity contribution in [2.24, 2.45) is 7.05 Å². The smallest absolute Gasteiger partial charge is 0.326 e. The van der Waals surface area contributed by atoms with Gasteiger partial charge in [-0.25, -0.2) is 9.78 Å². The van der Waals surface area contributed by atoms with Crippen molar-refractivity contribution in [3.8, 4) is 0 Å². The average Bonchev–Trinajstić information content (AvgIpc) is 3.25. The van der Waals surface area contributed by atoms with Gasteiger partial charge in [-0.05, 0) is 25.0 Å². The lowest BCUT2D eigenvalue weighted by atomic mass is 10.2. The monoisotopic (exact) mass is 335 g/mol. The van der Waals surface area contributed by atoms with Crippen LogP contribution in [-0.4, -0.2) is 44.0 Å². The van der Waals surface area contributed by atoms with Crippen LogP contribution in [0, 0.1) is 0 Å². The number of carbonyl (C=O) groups is 2. The van der Waals surface area contributed by atoms with Gasteiger partial charge in [-0.3, -0.25) is 4.79 Å². The van der Waals surface area contributed by atoms with Crippen LogP contribution in [0.1, 0.15) is 29.2 Å². The molecule has 0 aromatic carbocycles. The maximum absolute atomic E-state index is 12.4. The van der Waals surface area contributed by atoms with Gasteiger partial charge in [0.2, 0.25) is 0 Å². The number of hydrogen-bond donors (Lipinski definition) is 1. The van der Waals surface area contributed by atoms with Gasteiger partial charge in [0, 0.05) is 26.0 Å². The van der Waals surface area contributed by atoms with E-state index in [1.54, 1.807) is 18.3 Å². The van der Waals surface area contributed by atoms with Crippen molar-refractivity contribution in [3.63, 3.8) is 0 Å². The molecule has 1 amide bonds. The Bertz CT molecular complexity index is 724. The van der Waals surface area contributed by atoms with Crippen LogP contribution in [0.15, 0.2) is 34.1 Å². The topological polar surface area (TPSA) is 88.6 Å². The summed E-state index contributed by atoms with van der Waals surface area (Å²) >= 11 is 1.51. The highest BCUT2D eigenvalue weighted by Gasteiger charge is 2.35. The van der Waals surface area contributed by atoms with Crippen LogP contribution in [0.25, 0.3) is 0 Å². The maximum Gasteiger partial charge on any atom is 0.326 e. The number of carboxylic acid groups (broad SMARTS) is 1. The van der Waals surface area contributed by atoms with Crippen molar-refractivity contribution in [1.29, 1.82) is 0 Å². The fourth-order valence-electron chi connectivity index (χ4n) is 2.61. The largest absolute Gasteiger partial charge is 0.480 e. The zero-order chi connectivity index (χ0) is 16.4.